The summed E-state index contributed by atoms with van der Waals surface area (Å²) in [6.07, 6.45) is 6.70. The van der Waals surface area contributed by atoms with Gasteiger partial charge < -0.3 is 12.7 Å². The predicted molar refractivity (Wildman–Crippen MR) is 69.2 cm³/mol. The molecule has 0 amide bonds. The molecule has 4 nitrogen and oxygen atoms in total. The first-order valence-electron chi connectivity index (χ1n) is 6.04. The van der Waals surface area contributed by atoms with E-state index in [0.717, 1.165) is 12.8 Å². The molecule has 5 heteroatoms. The molecule has 0 bridgehead atoms. The Hall–Kier alpha value is 0.200. The molecule has 0 fully saturated rings. The molecule has 1 N–H and O–H groups in total. The molecule has 0 aromatic rings. The number of unbranched alkanes of at least 4 members (excludes halogenated alkanes) is 5. The van der Waals surface area contributed by atoms with E-state index in [9.17, 15) is 9.59 Å². The number of aliphatic carboxylic acids is 1. The van der Waals surface area contributed by atoms with Crippen LogP contribution in [0.2, 0.25) is 0 Å². The number of hydrogen-bond acceptors (Lipinski definition) is 3. The van der Waals surface area contributed by atoms with E-state index < -0.39 is 11.9 Å². The van der Waals surface area contributed by atoms with Crippen LogP contribution in [0.5, 0.6) is 0 Å². The summed E-state index contributed by atoms with van der Waals surface area (Å²) in [6.45, 7) is 2.59. The first kappa shape index (κ1) is 19.5. The first-order chi connectivity index (χ1) is 7.66. The summed E-state index contributed by atoms with van der Waals surface area (Å²) < 4.78 is 4.90. The first-order valence-corrected chi connectivity index (χ1v) is 6.04. The molecule has 0 atom stereocenters. The largest absolute Gasteiger partial charge is 2.00 e. The Kier molecular flexibility index (Phi) is 16.4. The van der Waals surface area contributed by atoms with Crippen LogP contribution >= 0.6 is 0 Å². The minimum Gasteiger partial charge on any atom is -1.00 e. The van der Waals surface area contributed by atoms with E-state index in [0.29, 0.717) is 6.61 Å². The minimum absolute atomic E-state index is 0. The maximum absolute atomic E-state index is 11.0. The number of carboxylic acids is 1. The second kappa shape index (κ2) is 14.3. The van der Waals surface area contributed by atoms with Gasteiger partial charge in [0, 0.05) is 0 Å². The molecule has 98 valence electrons. The molecule has 0 spiro atoms. The normalized spacial score (nSPS) is 9.47. The molecule has 0 unspecified atom stereocenters. The number of carbonyl (C=O) groups excluding carboxylic acids is 1. The van der Waals surface area contributed by atoms with Gasteiger partial charge in [-0.3, -0.25) is 9.59 Å². The third kappa shape index (κ3) is 16.2. The van der Waals surface area contributed by atoms with Gasteiger partial charge in [0.1, 0.15) is 0 Å². The summed E-state index contributed by atoms with van der Waals surface area (Å²) in [5, 5.41) is 8.35. The van der Waals surface area contributed by atoms with Gasteiger partial charge in [0.05, 0.1) is 19.4 Å². The standard InChI is InChI=1S/C12H22O4.Ca.2H/c1-2-3-4-5-6-7-10-16-12(15)9-8-11(13)14;;;/h2-10H2,1H3,(H,13,14);;;/q;+2;2*-1. The van der Waals surface area contributed by atoms with Crippen molar-refractivity contribution in [1.82, 2.24) is 0 Å². The number of carbonyl (C=O) groups is 2. The average Bonchev–Trinajstić information content (AvgIpc) is 2.25. The Balaban J connectivity index is -0.000000375. The number of hydrogen-bond donors (Lipinski definition) is 1. The zero-order valence-corrected chi connectivity index (χ0v) is 13.0. The maximum atomic E-state index is 11.0. The van der Waals surface area contributed by atoms with Crippen molar-refractivity contribution >= 4 is 49.7 Å². The number of esters is 1. The molecule has 0 aliphatic rings. The van der Waals surface area contributed by atoms with Crippen LogP contribution in [0.25, 0.3) is 0 Å². The minimum atomic E-state index is -0.962. The van der Waals surface area contributed by atoms with E-state index >= 15 is 0 Å². The SMILES string of the molecule is CCCCCCCCOC(=O)CCC(=O)O.[Ca+2].[H-].[H-]. The van der Waals surface area contributed by atoms with E-state index in [1.807, 2.05) is 0 Å². The Morgan fingerprint density at radius 1 is 1.06 bits per heavy atom. The van der Waals surface area contributed by atoms with Gasteiger partial charge in [-0.2, -0.15) is 0 Å². The van der Waals surface area contributed by atoms with E-state index in [2.05, 4.69) is 6.92 Å². The summed E-state index contributed by atoms with van der Waals surface area (Å²) >= 11 is 0. The summed E-state index contributed by atoms with van der Waals surface area (Å²) in [7, 11) is 0. The van der Waals surface area contributed by atoms with Gasteiger partial charge in [0.25, 0.3) is 0 Å². The molecule has 0 radical (unpaired) electrons. The smallest absolute Gasteiger partial charge is 1.00 e. The third-order valence-corrected chi connectivity index (χ3v) is 2.30. The molecule has 0 heterocycles. The summed E-state index contributed by atoms with van der Waals surface area (Å²) in [4.78, 5) is 21.2. The molecule has 0 saturated carbocycles. The quantitative estimate of drug-likeness (QED) is 0.377. The maximum Gasteiger partial charge on any atom is 2.00 e. The number of carboxylic acid groups (broad SMARTS) is 1. The van der Waals surface area contributed by atoms with Gasteiger partial charge in [0.2, 0.25) is 0 Å². The van der Waals surface area contributed by atoms with Crippen LogP contribution in [0, 0.1) is 0 Å². The zero-order chi connectivity index (χ0) is 12.2. The second-order valence-electron chi connectivity index (χ2n) is 3.88. The summed E-state index contributed by atoms with van der Waals surface area (Å²) in [5.41, 5.74) is 0. The molecule has 17 heavy (non-hydrogen) atoms. The van der Waals surface area contributed by atoms with Gasteiger partial charge in [-0.1, -0.05) is 39.0 Å². The Labute approximate surface area is 136 Å². The molecular weight excluding hydrogens is 248 g/mol. The van der Waals surface area contributed by atoms with Crippen molar-refractivity contribution in [3.8, 4) is 0 Å². The molecule has 0 aliphatic heterocycles. The van der Waals surface area contributed by atoms with Crippen LogP contribution in [0.4, 0.5) is 0 Å². The fourth-order valence-corrected chi connectivity index (χ4v) is 1.35. The monoisotopic (exact) mass is 272 g/mol. The topological polar surface area (TPSA) is 63.6 Å². The Bertz CT molecular complexity index is 216. The predicted octanol–water partition coefficient (Wildman–Crippen LogP) is 2.60. The zero-order valence-electron chi connectivity index (χ0n) is 12.7. The van der Waals surface area contributed by atoms with Crippen LogP contribution in [0.3, 0.4) is 0 Å². The Morgan fingerprint density at radius 2 is 1.65 bits per heavy atom. The van der Waals surface area contributed by atoms with Gasteiger partial charge >= 0.3 is 49.7 Å². The molecule has 0 rings (SSSR count). The molecular formula is C12H24CaO4. The van der Waals surface area contributed by atoms with Crippen LogP contribution in [0.15, 0.2) is 0 Å². The van der Waals surface area contributed by atoms with Crippen molar-refractivity contribution < 1.29 is 22.3 Å². The van der Waals surface area contributed by atoms with Crippen molar-refractivity contribution in [2.75, 3.05) is 6.61 Å². The third-order valence-electron chi connectivity index (χ3n) is 2.30. The molecule has 0 aromatic heterocycles. The summed E-state index contributed by atoms with van der Waals surface area (Å²) in [6, 6.07) is 0. The van der Waals surface area contributed by atoms with Crippen molar-refractivity contribution in [2.45, 2.75) is 58.3 Å². The van der Waals surface area contributed by atoms with E-state index in [-0.39, 0.29) is 53.4 Å². The Morgan fingerprint density at radius 3 is 2.24 bits per heavy atom. The van der Waals surface area contributed by atoms with E-state index in [1.165, 1.54) is 25.7 Å². The van der Waals surface area contributed by atoms with Crippen molar-refractivity contribution in [2.24, 2.45) is 0 Å². The summed E-state index contributed by atoms with van der Waals surface area (Å²) in [5.74, 6) is -1.37. The molecule has 0 aliphatic carbocycles. The average molecular weight is 272 g/mol. The van der Waals surface area contributed by atoms with Crippen LogP contribution < -0.4 is 0 Å². The van der Waals surface area contributed by atoms with Gasteiger partial charge in [0.15, 0.2) is 0 Å². The van der Waals surface area contributed by atoms with E-state index in [4.69, 9.17) is 9.84 Å². The fraction of sp³-hybridized carbons (Fsp3) is 0.833. The van der Waals surface area contributed by atoms with Crippen molar-refractivity contribution in [1.29, 1.82) is 0 Å². The van der Waals surface area contributed by atoms with E-state index in [1.54, 1.807) is 0 Å². The van der Waals surface area contributed by atoms with Crippen LogP contribution in [-0.4, -0.2) is 61.4 Å². The van der Waals surface area contributed by atoms with Crippen molar-refractivity contribution in [3.05, 3.63) is 0 Å². The number of rotatable bonds is 10. The van der Waals surface area contributed by atoms with Gasteiger partial charge in [-0.05, 0) is 6.42 Å². The molecule has 0 aromatic carbocycles. The number of ether oxygens (including phenoxy) is 1. The van der Waals surface area contributed by atoms with Crippen LogP contribution in [0.1, 0.15) is 61.1 Å². The second-order valence-corrected chi connectivity index (χ2v) is 3.88. The fourth-order valence-electron chi connectivity index (χ4n) is 1.35. The van der Waals surface area contributed by atoms with Gasteiger partial charge in [-0.15, -0.1) is 0 Å². The van der Waals surface area contributed by atoms with Crippen molar-refractivity contribution in [3.63, 3.8) is 0 Å². The van der Waals surface area contributed by atoms with Gasteiger partial charge in [-0.25, -0.2) is 0 Å². The van der Waals surface area contributed by atoms with Crippen LogP contribution in [-0.2, 0) is 14.3 Å². The molecule has 0 saturated heterocycles.